The third-order valence-corrected chi connectivity index (χ3v) is 4.01. The van der Waals surface area contributed by atoms with Gasteiger partial charge in [-0.2, -0.15) is 0 Å². The van der Waals surface area contributed by atoms with Gasteiger partial charge in [0, 0.05) is 5.56 Å². The van der Waals surface area contributed by atoms with Gasteiger partial charge in [-0.3, -0.25) is 0 Å². The Hall–Kier alpha value is -1.30. The number of hydrogen-bond acceptors (Lipinski definition) is 5. The molecule has 5 heteroatoms. The van der Waals surface area contributed by atoms with Crippen LogP contribution in [0.4, 0.5) is 0 Å². The van der Waals surface area contributed by atoms with E-state index in [1.54, 1.807) is 0 Å². The molecule has 0 bridgehead atoms. The number of epoxide rings is 2. The van der Waals surface area contributed by atoms with Crippen molar-refractivity contribution in [2.75, 3.05) is 33.0 Å². The summed E-state index contributed by atoms with van der Waals surface area (Å²) in [6, 6.07) is 5.97. The van der Waals surface area contributed by atoms with Gasteiger partial charge in [0.25, 0.3) is 0 Å². The van der Waals surface area contributed by atoms with Crippen LogP contribution in [-0.4, -0.2) is 45.2 Å². The Morgan fingerprint density at radius 2 is 1.73 bits per heavy atom. The molecule has 0 radical (unpaired) electrons. The van der Waals surface area contributed by atoms with Gasteiger partial charge in [-0.05, 0) is 37.0 Å². The molecule has 0 N–H and O–H groups in total. The lowest BCUT2D eigenvalue weighted by Crippen LogP contribution is -2.08. The lowest BCUT2D eigenvalue weighted by Gasteiger charge is -2.13. The minimum atomic E-state index is 0.249. The molecule has 1 saturated carbocycles. The second kappa shape index (κ2) is 6.44. The highest BCUT2D eigenvalue weighted by atomic mass is 16.6. The van der Waals surface area contributed by atoms with Gasteiger partial charge in [0.15, 0.2) is 0 Å². The lowest BCUT2D eigenvalue weighted by molar-refractivity contribution is 0.101. The van der Waals surface area contributed by atoms with Gasteiger partial charge < -0.3 is 23.7 Å². The zero-order valence-corrected chi connectivity index (χ0v) is 12.7. The van der Waals surface area contributed by atoms with E-state index in [-0.39, 0.29) is 12.2 Å². The van der Waals surface area contributed by atoms with E-state index in [9.17, 15) is 0 Å². The molecule has 1 aromatic rings. The molecular weight excluding hydrogens is 284 g/mol. The van der Waals surface area contributed by atoms with Crippen molar-refractivity contribution in [3.63, 3.8) is 0 Å². The van der Waals surface area contributed by atoms with E-state index < -0.39 is 0 Å². The second-order valence-electron chi connectivity index (χ2n) is 6.26. The van der Waals surface area contributed by atoms with Crippen LogP contribution in [0.25, 0.3) is 0 Å². The molecule has 2 heterocycles. The van der Waals surface area contributed by atoms with Gasteiger partial charge in [-0.25, -0.2) is 0 Å². The zero-order chi connectivity index (χ0) is 14.8. The fourth-order valence-electron chi connectivity index (χ4n) is 2.21. The minimum absolute atomic E-state index is 0.249. The molecule has 0 amide bonds. The SMILES string of the molecule is c1cc(OCC2CO2)c(COCC2CO2)cc1OCC1CC1. The average molecular weight is 306 g/mol. The predicted octanol–water partition coefficient (Wildman–Crippen LogP) is 2.17. The monoisotopic (exact) mass is 306 g/mol. The number of benzene rings is 1. The summed E-state index contributed by atoms with van der Waals surface area (Å²) in [6.07, 6.45) is 3.11. The predicted molar refractivity (Wildman–Crippen MR) is 79.3 cm³/mol. The standard InChI is InChI=1S/C17H22O5/c1-2-12(1)6-19-14-3-4-17(22-11-16-10-21-16)13(5-14)7-18-8-15-9-20-15/h3-5,12,15-16H,1-2,6-11H2. The first-order chi connectivity index (χ1) is 10.9. The van der Waals surface area contributed by atoms with Gasteiger partial charge in [0.2, 0.25) is 0 Å². The molecule has 0 aromatic heterocycles. The van der Waals surface area contributed by atoms with E-state index in [4.69, 9.17) is 23.7 Å². The van der Waals surface area contributed by atoms with Crippen molar-refractivity contribution in [3.8, 4) is 11.5 Å². The van der Waals surface area contributed by atoms with Crippen molar-refractivity contribution in [3.05, 3.63) is 23.8 Å². The van der Waals surface area contributed by atoms with Crippen molar-refractivity contribution < 1.29 is 23.7 Å². The summed E-state index contributed by atoms with van der Waals surface area (Å²) in [5, 5.41) is 0. The maximum atomic E-state index is 5.84. The molecule has 120 valence electrons. The normalized spacial score (nSPS) is 25.8. The van der Waals surface area contributed by atoms with Crippen molar-refractivity contribution in [2.45, 2.75) is 31.7 Å². The highest BCUT2D eigenvalue weighted by Crippen LogP contribution is 2.31. The van der Waals surface area contributed by atoms with Gasteiger partial charge in [-0.1, -0.05) is 0 Å². The topological polar surface area (TPSA) is 52.8 Å². The molecule has 2 atom stereocenters. The highest BCUT2D eigenvalue weighted by molar-refractivity contribution is 5.40. The largest absolute Gasteiger partial charge is 0.493 e. The maximum Gasteiger partial charge on any atom is 0.125 e. The molecule has 2 unspecified atom stereocenters. The van der Waals surface area contributed by atoms with Gasteiger partial charge in [0.05, 0.1) is 33.0 Å². The Morgan fingerprint density at radius 1 is 0.955 bits per heavy atom. The molecule has 3 aliphatic rings. The van der Waals surface area contributed by atoms with Crippen LogP contribution in [0.3, 0.4) is 0 Å². The van der Waals surface area contributed by atoms with Crippen LogP contribution in [0.2, 0.25) is 0 Å². The van der Waals surface area contributed by atoms with Crippen molar-refractivity contribution in [2.24, 2.45) is 5.92 Å². The third-order valence-electron chi connectivity index (χ3n) is 4.01. The smallest absolute Gasteiger partial charge is 0.125 e. The molecule has 2 aliphatic heterocycles. The molecule has 5 nitrogen and oxygen atoms in total. The highest BCUT2D eigenvalue weighted by Gasteiger charge is 2.25. The zero-order valence-electron chi connectivity index (χ0n) is 12.7. The van der Waals surface area contributed by atoms with Crippen LogP contribution in [0.5, 0.6) is 11.5 Å². The van der Waals surface area contributed by atoms with E-state index in [0.717, 1.165) is 42.8 Å². The van der Waals surface area contributed by atoms with Crippen LogP contribution in [-0.2, 0) is 20.8 Å². The van der Waals surface area contributed by atoms with Crippen molar-refractivity contribution in [1.29, 1.82) is 0 Å². The van der Waals surface area contributed by atoms with E-state index in [1.807, 2.05) is 18.2 Å². The Kier molecular flexibility index (Phi) is 4.19. The summed E-state index contributed by atoms with van der Waals surface area (Å²) in [6.45, 7) is 4.17. The third kappa shape index (κ3) is 4.35. The van der Waals surface area contributed by atoms with Crippen LogP contribution in [0.15, 0.2) is 18.2 Å². The summed E-state index contributed by atoms with van der Waals surface area (Å²) >= 11 is 0. The summed E-state index contributed by atoms with van der Waals surface area (Å²) in [5.41, 5.74) is 1.02. The quantitative estimate of drug-likeness (QED) is 0.620. The summed E-state index contributed by atoms with van der Waals surface area (Å²) < 4.78 is 27.7. The Balaban J connectivity index is 1.37. The first kappa shape index (κ1) is 14.3. The fraction of sp³-hybridized carbons (Fsp3) is 0.647. The summed E-state index contributed by atoms with van der Waals surface area (Å²) in [7, 11) is 0. The van der Waals surface area contributed by atoms with Gasteiger partial charge in [-0.15, -0.1) is 0 Å². The molecule has 0 spiro atoms. The van der Waals surface area contributed by atoms with Crippen molar-refractivity contribution >= 4 is 0 Å². The van der Waals surface area contributed by atoms with Gasteiger partial charge in [0.1, 0.15) is 30.3 Å². The number of hydrogen-bond donors (Lipinski definition) is 0. The van der Waals surface area contributed by atoms with E-state index in [1.165, 1.54) is 12.8 Å². The Morgan fingerprint density at radius 3 is 2.45 bits per heavy atom. The molecule has 1 aliphatic carbocycles. The van der Waals surface area contributed by atoms with Gasteiger partial charge >= 0.3 is 0 Å². The average Bonchev–Trinajstić information content (AvgIpc) is 3.38. The maximum absolute atomic E-state index is 5.84. The van der Waals surface area contributed by atoms with E-state index in [0.29, 0.717) is 19.8 Å². The van der Waals surface area contributed by atoms with Crippen LogP contribution < -0.4 is 9.47 Å². The molecule has 2 saturated heterocycles. The minimum Gasteiger partial charge on any atom is -0.493 e. The molecule has 1 aromatic carbocycles. The van der Waals surface area contributed by atoms with Crippen LogP contribution in [0, 0.1) is 5.92 Å². The number of ether oxygens (including phenoxy) is 5. The van der Waals surface area contributed by atoms with Crippen molar-refractivity contribution in [1.82, 2.24) is 0 Å². The Bertz CT molecular complexity index is 506. The first-order valence-electron chi connectivity index (χ1n) is 8.06. The fourth-order valence-corrected chi connectivity index (χ4v) is 2.21. The molecular formula is C17H22O5. The van der Waals surface area contributed by atoms with Crippen LogP contribution >= 0.6 is 0 Å². The molecule has 4 rings (SSSR count). The second-order valence-corrected chi connectivity index (χ2v) is 6.26. The Labute approximate surface area is 130 Å². The number of rotatable bonds is 10. The first-order valence-corrected chi connectivity index (χ1v) is 8.06. The molecule has 3 fully saturated rings. The summed E-state index contributed by atoms with van der Waals surface area (Å²) in [5.74, 6) is 2.49. The lowest BCUT2D eigenvalue weighted by atomic mass is 10.2. The van der Waals surface area contributed by atoms with Crippen LogP contribution in [0.1, 0.15) is 18.4 Å². The summed E-state index contributed by atoms with van der Waals surface area (Å²) in [4.78, 5) is 0. The van der Waals surface area contributed by atoms with E-state index >= 15 is 0 Å². The molecule has 22 heavy (non-hydrogen) atoms. The van der Waals surface area contributed by atoms with E-state index in [2.05, 4.69) is 0 Å².